The van der Waals surface area contributed by atoms with Crippen LogP contribution in [0.5, 0.6) is 0 Å². The van der Waals surface area contributed by atoms with Crippen molar-refractivity contribution in [3.8, 4) is 0 Å². The average molecular weight is 285 g/mol. The molecule has 2 rings (SSSR count). The fraction of sp³-hybridized carbons (Fsp3) is 0. The van der Waals surface area contributed by atoms with Crippen molar-refractivity contribution in [3.05, 3.63) is 58.1 Å². The maximum atomic E-state index is 12.9. The van der Waals surface area contributed by atoms with Crippen LogP contribution in [0.1, 0.15) is 10.4 Å². The number of carbonyl (C=O) groups excluding carboxylic acids is 1. The molecule has 3 nitrogen and oxygen atoms in total. The van der Waals surface area contributed by atoms with Crippen LogP contribution in [0.15, 0.2) is 36.5 Å². The topological polar surface area (TPSA) is 42.0 Å². The predicted molar refractivity (Wildman–Crippen MR) is 68.6 cm³/mol. The van der Waals surface area contributed by atoms with E-state index >= 15 is 0 Å². The molecule has 0 atom stereocenters. The quantitative estimate of drug-likeness (QED) is 0.853. The maximum Gasteiger partial charge on any atom is 0.257 e. The highest BCUT2D eigenvalue weighted by atomic mass is 35.5. The van der Waals surface area contributed by atoms with Crippen molar-refractivity contribution in [1.82, 2.24) is 4.98 Å². The van der Waals surface area contributed by atoms with E-state index in [2.05, 4.69) is 10.3 Å². The van der Waals surface area contributed by atoms with Gasteiger partial charge in [-0.25, -0.2) is 9.37 Å². The number of nitrogens with one attached hydrogen (secondary N) is 1. The monoisotopic (exact) mass is 284 g/mol. The second kappa shape index (κ2) is 5.33. The van der Waals surface area contributed by atoms with Crippen LogP contribution in [-0.2, 0) is 0 Å². The zero-order chi connectivity index (χ0) is 13.1. The summed E-state index contributed by atoms with van der Waals surface area (Å²) in [6, 6.07) is 6.77. The first-order chi connectivity index (χ1) is 8.58. The lowest BCUT2D eigenvalue weighted by atomic mass is 10.2. The van der Waals surface area contributed by atoms with Crippen LogP contribution in [0.2, 0.25) is 10.2 Å². The van der Waals surface area contributed by atoms with E-state index < -0.39 is 11.7 Å². The molecule has 2 aromatic rings. The molecule has 6 heteroatoms. The van der Waals surface area contributed by atoms with Gasteiger partial charge in [0.1, 0.15) is 5.82 Å². The maximum absolute atomic E-state index is 12.9. The molecule has 1 N–H and O–H groups in total. The second-order valence-corrected chi connectivity index (χ2v) is 4.19. The minimum Gasteiger partial charge on any atom is -0.319 e. The largest absolute Gasteiger partial charge is 0.319 e. The lowest BCUT2D eigenvalue weighted by Gasteiger charge is -2.07. The molecule has 0 bridgehead atoms. The van der Waals surface area contributed by atoms with Crippen LogP contribution in [0, 0.1) is 5.82 Å². The molecule has 0 spiro atoms. The number of amides is 1. The Morgan fingerprint density at radius 3 is 2.72 bits per heavy atom. The molecule has 0 saturated heterocycles. The summed E-state index contributed by atoms with van der Waals surface area (Å²) in [5, 5.41) is 2.75. The molecule has 18 heavy (non-hydrogen) atoms. The molecular formula is C12H7Cl2FN2O. The molecule has 0 aliphatic carbocycles. The van der Waals surface area contributed by atoms with Gasteiger partial charge in [0.2, 0.25) is 0 Å². The third kappa shape index (κ3) is 2.78. The van der Waals surface area contributed by atoms with E-state index in [4.69, 9.17) is 23.2 Å². The van der Waals surface area contributed by atoms with E-state index in [1.54, 1.807) is 12.1 Å². The van der Waals surface area contributed by atoms with Crippen LogP contribution in [0.25, 0.3) is 0 Å². The Hall–Kier alpha value is -1.65. The standard InChI is InChI=1S/C12H7Cl2FN2O/c13-9-6-7(15)3-4-8(9)12(18)17-10-2-1-5-16-11(10)14/h1-6H,(H,17,18). The predicted octanol–water partition coefficient (Wildman–Crippen LogP) is 3.78. The summed E-state index contributed by atoms with van der Waals surface area (Å²) >= 11 is 11.6. The van der Waals surface area contributed by atoms with Crippen LogP contribution < -0.4 is 5.32 Å². The van der Waals surface area contributed by atoms with E-state index in [1.807, 2.05) is 0 Å². The van der Waals surface area contributed by atoms with Crippen molar-refractivity contribution < 1.29 is 9.18 Å². The van der Waals surface area contributed by atoms with Crippen molar-refractivity contribution in [2.45, 2.75) is 0 Å². The molecule has 0 aliphatic heterocycles. The SMILES string of the molecule is O=C(Nc1cccnc1Cl)c1ccc(F)cc1Cl. The second-order valence-electron chi connectivity index (χ2n) is 3.42. The highest BCUT2D eigenvalue weighted by Gasteiger charge is 2.12. The highest BCUT2D eigenvalue weighted by Crippen LogP contribution is 2.21. The molecule has 0 fully saturated rings. The minimum atomic E-state index is -0.504. The molecule has 0 unspecified atom stereocenters. The molecule has 92 valence electrons. The first-order valence-corrected chi connectivity index (χ1v) is 5.70. The van der Waals surface area contributed by atoms with Crippen molar-refractivity contribution in [3.63, 3.8) is 0 Å². The Morgan fingerprint density at radius 1 is 1.28 bits per heavy atom. The Labute approximate surface area is 113 Å². The fourth-order valence-corrected chi connectivity index (χ4v) is 1.76. The van der Waals surface area contributed by atoms with Crippen LogP contribution in [0.3, 0.4) is 0 Å². The van der Waals surface area contributed by atoms with Gasteiger partial charge in [-0.1, -0.05) is 23.2 Å². The van der Waals surface area contributed by atoms with Crippen LogP contribution in [0.4, 0.5) is 10.1 Å². The Morgan fingerprint density at radius 2 is 2.06 bits per heavy atom. The Bertz CT molecular complexity index is 604. The zero-order valence-electron chi connectivity index (χ0n) is 8.95. The number of hydrogen-bond acceptors (Lipinski definition) is 2. The summed E-state index contributed by atoms with van der Waals surface area (Å²) in [7, 11) is 0. The van der Waals surface area contributed by atoms with E-state index in [1.165, 1.54) is 12.3 Å². The summed E-state index contributed by atoms with van der Waals surface area (Å²) in [4.78, 5) is 15.7. The smallest absolute Gasteiger partial charge is 0.257 e. The van der Waals surface area contributed by atoms with E-state index in [9.17, 15) is 9.18 Å². The van der Waals surface area contributed by atoms with E-state index in [0.717, 1.165) is 12.1 Å². The molecular weight excluding hydrogens is 278 g/mol. The molecule has 0 aliphatic rings. The number of aromatic nitrogens is 1. The van der Waals surface area contributed by atoms with Gasteiger partial charge in [0.25, 0.3) is 5.91 Å². The number of nitrogens with zero attached hydrogens (tertiary/aromatic N) is 1. The molecule has 1 aromatic carbocycles. The van der Waals surface area contributed by atoms with Gasteiger partial charge in [-0.05, 0) is 30.3 Å². The summed E-state index contributed by atoms with van der Waals surface area (Å²) < 4.78 is 12.9. The van der Waals surface area contributed by atoms with Crippen LogP contribution in [-0.4, -0.2) is 10.9 Å². The number of rotatable bonds is 2. The minimum absolute atomic E-state index is 0.0347. The molecule has 1 heterocycles. The normalized spacial score (nSPS) is 10.2. The number of carbonyl (C=O) groups is 1. The van der Waals surface area contributed by atoms with Crippen molar-refractivity contribution in [1.29, 1.82) is 0 Å². The first-order valence-electron chi connectivity index (χ1n) is 4.95. The number of pyridine rings is 1. The Kier molecular flexibility index (Phi) is 3.79. The van der Waals surface area contributed by atoms with Gasteiger partial charge in [-0.15, -0.1) is 0 Å². The van der Waals surface area contributed by atoms with Crippen molar-refractivity contribution in [2.24, 2.45) is 0 Å². The molecule has 0 saturated carbocycles. The molecule has 1 amide bonds. The van der Waals surface area contributed by atoms with Crippen molar-refractivity contribution >= 4 is 34.8 Å². The van der Waals surface area contributed by atoms with Gasteiger partial charge in [-0.2, -0.15) is 0 Å². The average Bonchev–Trinajstić information content (AvgIpc) is 2.32. The highest BCUT2D eigenvalue weighted by molar-refractivity contribution is 6.35. The number of hydrogen-bond donors (Lipinski definition) is 1. The van der Waals surface area contributed by atoms with E-state index in [0.29, 0.717) is 5.69 Å². The van der Waals surface area contributed by atoms with E-state index in [-0.39, 0.29) is 15.7 Å². The summed E-state index contributed by atoms with van der Waals surface area (Å²) in [6.07, 6.45) is 1.50. The molecule has 1 aromatic heterocycles. The summed E-state index contributed by atoms with van der Waals surface area (Å²) in [5.41, 5.74) is 0.530. The number of anilines is 1. The fourth-order valence-electron chi connectivity index (χ4n) is 1.34. The van der Waals surface area contributed by atoms with Gasteiger partial charge < -0.3 is 5.32 Å². The lowest BCUT2D eigenvalue weighted by molar-refractivity contribution is 0.102. The zero-order valence-corrected chi connectivity index (χ0v) is 10.5. The first kappa shape index (κ1) is 12.8. The van der Waals surface area contributed by atoms with Gasteiger partial charge in [-0.3, -0.25) is 4.79 Å². The third-order valence-electron chi connectivity index (χ3n) is 2.18. The molecule has 0 radical (unpaired) electrons. The number of benzene rings is 1. The summed E-state index contributed by atoms with van der Waals surface area (Å²) in [6.45, 7) is 0. The van der Waals surface area contributed by atoms with Crippen LogP contribution >= 0.6 is 23.2 Å². The van der Waals surface area contributed by atoms with Crippen molar-refractivity contribution in [2.75, 3.05) is 5.32 Å². The number of halogens is 3. The Balaban J connectivity index is 2.25. The van der Waals surface area contributed by atoms with Gasteiger partial charge in [0, 0.05) is 6.20 Å². The third-order valence-corrected chi connectivity index (χ3v) is 2.80. The van der Waals surface area contributed by atoms with Gasteiger partial charge in [0.05, 0.1) is 16.3 Å². The van der Waals surface area contributed by atoms with Gasteiger partial charge >= 0.3 is 0 Å². The lowest BCUT2D eigenvalue weighted by Crippen LogP contribution is -2.13. The summed E-state index contributed by atoms with van der Waals surface area (Å²) in [5.74, 6) is -0.981. The van der Waals surface area contributed by atoms with Gasteiger partial charge in [0.15, 0.2) is 5.15 Å².